The second kappa shape index (κ2) is 8.86. The van der Waals surface area contributed by atoms with Gasteiger partial charge >= 0.3 is 0 Å². The molecule has 2 rings (SSSR count). The number of hydrogen-bond donors (Lipinski definition) is 1. The maximum atomic E-state index is 13.0. The topological polar surface area (TPSA) is 75.7 Å². The molecule has 0 radical (unpaired) electrons. The van der Waals surface area contributed by atoms with Crippen molar-refractivity contribution >= 4 is 15.9 Å². The highest BCUT2D eigenvalue weighted by molar-refractivity contribution is 7.89. The molecule has 7 heteroatoms. The summed E-state index contributed by atoms with van der Waals surface area (Å²) in [4.78, 5) is 12.7. The van der Waals surface area contributed by atoms with E-state index in [0.29, 0.717) is 18.7 Å². The zero-order chi connectivity index (χ0) is 19.3. The van der Waals surface area contributed by atoms with E-state index >= 15 is 0 Å². The monoisotopic (exact) mass is 382 g/mol. The zero-order valence-electron chi connectivity index (χ0n) is 16.1. The van der Waals surface area contributed by atoms with Crippen molar-refractivity contribution < 1.29 is 17.9 Å². The summed E-state index contributed by atoms with van der Waals surface area (Å²) in [6.45, 7) is 6.56. The number of aryl methyl sites for hydroxylation is 1. The molecule has 2 atom stereocenters. The van der Waals surface area contributed by atoms with E-state index in [0.717, 1.165) is 24.8 Å². The van der Waals surface area contributed by atoms with E-state index < -0.39 is 10.0 Å². The van der Waals surface area contributed by atoms with Crippen LogP contribution in [0.25, 0.3) is 0 Å². The average Bonchev–Trinajstić information content (AvgIpc) is 2.61. The smallest absolute Gasteiger partial charge is 0.243 e. The van der Waals surface area contributed by atoms with Crippen molar-refractivity contribution in [1.29, 1.82) is 0 Å². The third-order valence-corrected chi connectivity index (χ3v) is 6.73. The first-order valence-corrected chi connectivity index (χ1v) is 10.7. The van der Waals surface area contributed by atoms with Crippen molar-refractivity contribution in [2.24, 2.45) is 5.92 Å². The Labute approximate surface area is 157 Å². The standard InChI is InChI=1S/C19H30N2O4S/c1-5-7-15(3)20-19(22)16-8-6-11-21(13-16)26(23,24)17-9-10-18(25-4)14(2)12-17/h9-10,12,15-16H,5-8,11,13H2,1-4H3,(H,20,22)/t15-,16-/m1/s1. The molecule has 1 saturated heterocycles. The fraction of sp³-hybridized carbons (Fsp3) is 0.632. The third kappa shape index (κ3) is 4.76. The highest BCUT2D eigenvalue weighted by Gasteiger charge is 2.33. The number of ether oxygens (including phenoxy) is 1. The number of methoxy groups -OCH3 is 1. The van der Waals surface area contributed by atoms with Crippen LogP contribution in [0.2, 0.25) is 0 Å². The van der Waals surface area contributed by atoms with E-state index in [9.17, 15) is 13.2 Å². The molecule has 6 nitrogen and oxygen atoms in total. The molecule has 26 heavy (non-hydrogen) atoms. The largest absolute Gasteiger partial charge is 0.496 e. The number of hydrogen-bond acceptors (Lipinski definition) is 4. The SMILES string of the molecule is CCC[C@@H](C)NC(=O)[C@@H]1CCCN(S(=O)(=O)c2ccc(OC)c(C)c2)C1. The Morgan fingerprint density at radius 2 is 2.15 bits per heavy atom. The Balaban J connectivity index is 2.12. The highest BCUT2D eigenvalue weighted by atomic mass is 32.2. The lowest BCUT2D eigenvalue weighted by molar-refractivity contribution is -0.126. The van der Waals surface area contributed by atoms with Crippen LogP contribution < -0.4 is 10.1 Å². The van der Waals surface area contributed by atoms with Crippen molar-refractivity contribution in [2.75, 3.05) is 20.2 Å². The number of carbonyl (C=O) groups excluding carboxylic acids is 1. The first-order valence-electron chi connectivity index (χ1n) is 9.24. The second-order valence-corrected chi connectivity index (χ2v) is 8.97. The predicted octanol–water partition coefficient (Wildman–Crippen LogP) is 2.71. The molecule has 1 fully saturated rings. The first-order chi connectivity index (χ1) is 12.3. The summed E-state index contributed by atoms with van der Waals surface area (Å²) in [5.74, 6) is 0.318. The lowest BCUT2D eigenvalue weighted by atomic mass is 9.98. The van der Waals surface area contributed by atoms with Gasteiger partial charge in [0.15, 0.2) is 0 Å². The summed E-state index contributed by atoms with van der Waals surface area (Å²) >= 11 is 0. The number of sulfonamides is 1. The fourth-order valence-electron chi connectivity index (χ4n) is 3.40. The van der Waals surface area contributed by atoms with Crippen LogP contribution in [0, 0.1) is 12.8 Å². The summed E-state index contributed by atoms with van der Waals surface area (Å²) in [6.07, 6.45) is 3.34. The van der Waals surface area contributed by atoms with Crippen molar-refractivity contribution in [3.8, 4) is 5.75 Å². The normalized spacial score (nSPS) is 19.8. The highest BCUT2D eigenvalue weighted by Crippen LogP contribution is 2.27. The third-order valence-electron chi connectivity index (χ3n) is 4.87. The average molecular weight is 383 g/mol. The van der Waals surface area contributed by atoms with Gasteiger partial charge in [0.1, 0.15) is 5.75 Å². The summed E-state index contributed by atoms with van der Waals surface area (Å²) in [5, 5.41) is 3.01. The molecule has 0 unspecified atom stereocenters. The Morgan fingerprint density at radius 1 is 1.42 bits per heavy atom. The Kier molecular flexibility index (Phi) is 7.06. The number of nitrogens with one attached hydrogen (secondary N) is 1. The number of rotatable bonds is 7. The van der Waals surface area contributed by atoms with Crippen LogP contribution in [0.4, 0.5) is 0 Å². The van der Waals surface area contributed by atoms with E-state index in [4.69, 9.17) is 4.74 Å². The van der Waals surface area contributed by atoms with Crippen molar-refractivity contribution in [3.05, 3.63) is 23.8 Å². The molecule has 146 valence electrons. The van der Waals surface area contributed by atoms with Gasteiger partial charge in [-0.1, -0.05) is 13.3 Å². The second-order valence-electron chi connectivity index (χ2n) is 7.03. The van der Waals surface area contributed by atoms with Crippen LogP contribution in [0.1, 0.15) is 45.1 Å². The number of amides is 1. The molecule has 0 bridgehead atoms. The zero-order valence-corrected chi connectivity index (χ0v) is 16.9. The minimum atomic E-state index is -3.62. The first kappa shape index (κ1) is 20.7. The molecular weight excluding hydrogens is 352 g/mol. The maximum Gasteiger partial charge on any atom is 0.243 e. The molecule has 1 N–H and O–H groups in total. The van der Waals surface area contributed by atoms with Gasteiger partial charge in [-0.2, -0.15) is 4.31 Å². The molecule has 0 spiro atoms. The van der Waals surface area contributed by atoms with Gasteiger partial charge in [-0.15, -0.1) is 0 Å². The molecule has 1 aromatic carbocycles. The molecule has 0 aromatic heterocycles. The lowest BCUT2D eigenvalue weighted by Gasteiger charge is -2.32. The Morgan fingerprint density at radius 3 is 2.77 bits per heavy atom. The fourth-order valence-corrected chi connectivity index (χ4v) is 5.01. The van der Waals surface area contributed by atoms with Crippen LogP contribution in [-0.4, -0.2) is 44.9 Å². The molecule has 1 heterocycles. The van der Waals surface area contributed by atoms with Gasteiger partial charge in [0.25, 0.3) is 0 Å². The van der Waals surface area contributed by atoms with Gasteiger partial charge < -0.3 is 10.1 Å². The quantitative estimate of drug-likeness (QED) is 0.787. The van der Waals surface area contributed by atoms with Crippen molar-refractivity contribution in [2.45, 2.75) is 57.4 Å². The summed E-state index contributed by atoms with van der Waals surface area (Å²) in [6, 6.07) is 4.97. The molecule has 0 saturated carbocycles. The van der Waals surface area contributed by atoms with Crippen molar-refractivity contribution in [3.63, 3.8) is 0 Å². The molecule has 1 aliphatic rings. The summed E-state index contributed by atoms with van der Waals surface area (Å²) < 4.78 is 32.6. The van der Waals surface area contributed by atoms with Gasteiger partial charge in [-0.3, -0.25) is 4.79 Å². The van der Waals surface area contributed by atoms with Gasteiger partial charge in [-0.05, 0) is 56.9 Å². The molecule has 1 amide bonds. The minimum absolute atomic E-state index is 0.0447. The van der Waals surface area contributed by atoms with Crippen LogP contribution in [-0.2, 0) is 14.8 Å². The lowest BCUT2D eigenvalue weighted by Crippen LogP contribution is -2.47. The van der Waals surface area contributed by atoms with Crippen LogP contribution in [0.5, 0.6) is 5.75 Å². The van der Waals surface area contributed by atoms with Crippen LogP contribution in [0.3, 0.4) is 0 Å². The van der Waals surface area contributed by atoms with E-state index in [1.54, 1.807) is 25.3 Å². The van der Waals surface area contributed by atoms with E-state index in [2.05, 4.69) is 12.2 Å². The molecule has 1 aromatic rings. The maximum absolute atomic E-state index is 13.0. The minimum Gasteiger partial charge on any atom is -0.496 e. The predicted molar refractivity (Wildman–Crippen MR) is 102 cm³/mol. The molecular formula is C19H30N2O4S. The van der Waals surface area contributed by atoms with Crippen LogP contribution >= 0.6 is 0 Å². The van der Waals surface area contributed by atoms with Crippen LogP contribution in [0.15, 0.2) is 23.1 Å². The molecule has 0 aliphatic carbocycles. The molecule has 1 aliphatic heterocycles. The number of benzene rings is 1. The summed E-state index contributed by atoms with van der Waals surface area (Å²) in [5.41, 5.74) is 0.772. The van der Waals surface area contributed by atoms with E-state index in [1.807, 2.05) is 13.8 Å². The summed E-state index contributed by atoms with van der Waals surface area (Å²) in [7, 11) is -2.06. The van der Waals surface area contributed by atoms with Gasteiger partial charge in [-0.25, -0.2) is 8.42 Å². The van der Waals surface area contributed by atoms with Crippen molar-refractivity contribution in [1.82, 2.24) is 9.62 Å². The van der Waals surface area contributed by atoms with E-state index in [-0.39, 0.29) is 29.3 Å². The van der Waals surface area contributed by atoms with Gasteiger partial charge in [0, 0.05) is 19.1 Å². The number of carbonyl (C=O) groups is 1. The Hall–Kier alpha value is -1.60. The Bertz CT molecular complexity index is 733. The van der Waals surface area contributed by atoms with E-state index in [1.165, 1.54) is 4.31 Å². The number of nitrogens with zero attached hydrogens (tertiary/aromatic N) is 1. The number of piperidine rings is 1. The van der Waals surface area contributed by atoms with Gasteiger partial charge in [0.2, 0.25) is 15.9 Å². The van der Waals surface area contributed by atoms with Gasteiger partial charge in [0.05, 0.1) is 17.9 Å².